The van der Waals surface area contributed by atoms with Crippen LogP contribution < -0.4 is 10.6 Å². The zero-order chi connectivity index (χ0) is 19.8. The second kappa shape index (κ2) is 9.38. The summed E-state index contributed by atoms with van der Waals surface area (Å²) >= 11 is 0. The normalized spacial score (nSPS) is 10.1. The smallest absolute Gasteiger partial charge is 0.335 e. The van der Waals surface area contributed by atoms with Crippen molar-refractivity contribution in [2.24, 2.45) is 0 Å². The van der Waals surface area contributed by atoms with Crippen molar-refractivity contribution < 1.29 is 19.5 Å². The van der Waals surface area contributed by atoms with Gasteiger partial charge in [0.25, 0.3) is 0 Å². The van der Waals surface area contributed by atoms with E-state index >= 15 is 0 Å². The molecule has 0 heterocycles. The largest absolute Gasteiger partial charge is 0.478 e. The summed E-state index contributed by atoms with van der Waals surface area (Å²) in [5.41, 5.74) is 2.68. The molecule has 27 heavy (non-hydrogen) atoms. The van der Waals surface area contributed by atoms with Crippen LogP contribution in [0.2, 0.25) is 0 Å². The highest BCUT2D eigenvalue weighted by molar-refractivity contribution is 5.89. The van der Waals surface area contributed by atoms with Crippen molar-refractivity contribution in [3.05, 3.63) is 65.2 Å². The van der Waals surface area contributed by atoms with Gasteiger partial charge in [-0.05, 0) is 41.8 Å². The Kier molecular flexibility index (Phi) is 6.93. The Labute approximate surface area is 158 Å². The Bertz CT molecular complexity index is 816. The van der Waals surface area contributed by atoms with Crippen LogP contribution >= 0.6 is 0 Å². The number of rotatable bonds is 7. The Balaban J connectivity index is 1.81. The maximum absolute atomic E-state index is 12.0. The number of hydrogen-bond acceptors (Lipinski definition) is 3. The van der Waals surface area contributed by atoms with Gasteiger partial charge >= 0.3 is 12.0 Å². The minimum Gasteiger partial charge on any atom is -0.478 e. The molecule has 0 saturated carbocycles. The fourth-order valence-corrected chi connectivity index (χ4v) is 2.36. The van der Waals surface area contributed by atoms with Gasteiger partial charge in [-0.3, -0.25) is 4.79 Å². The quantitative estimate of drug-likeness (QED) is 0.699. The molecular formula is C20H23N3O4. The van der Waals surface area contributed by atoms with Crippen molar-refractivity contribution >= 4 is 23.6 Å². The number of carboxylic acids is 1. The van der Waals surface area contributed by atoms with Gasteiger partial charge in [-0.15, -0.1) is 0 Å². The zero-order valence-corrected chi connectivity index (χ0v) is 15.4. The van der Waals surface area contributed by atoms with Crippen LogP contribution in [0.15, 0.2) is 48.5 Å². The first-order valence-electron chi connectivity index (χ1n) is 8.51. The average molecular weight is 369 g/mol. The van der Waals surface area contributed by atoms with E-state index in [1.165, 1.54) is 17.0 Å². The van der Waals surface area contributed by atoms with Gasteiger partial charge in [0.15, 0.2) is 0 Å². The zero-order valence-electron chi connectivity index (χ0n) is 15.4. The second-order valence-electron chi connectivity index (χ2n) is 6.30. The summed E-state index contributed by atoms with van der Waals surface area (Å²) in [5.74, 6) is -1.07. The topological polar surface area (TPSA) is 98.7 Å². The van der Waals surface area contributed by atoms with Gasteiger partial charge in [0.1, 0.15) is 0 Å². The summed E-state index contributed by atoms with van der Waals surface area (Å²) in [6.45, 7) is 0.364. The highest BCUT2D eigenvalue weighted by Crippen LogP contribution is 2.11. The molecule has 142 valence electrons. The SMILES string of the molecule is CN(C)C(=O)Nc1cccc(CNC(=O)CCc2ccc(C(=O)O)cc2)c1. The van der Waals surface area contributed by atoms with Gasteiger partial charge in [0.05, 0.1) is 5.56 Å². The summed E-state index contributed by atoms with van der Waals surface area (Å²) in [4.78, 5) is 36.0. The molecule has 2 rings (SSSR count). The number of urea groups is 1. The van der Waals surface area contributed by atoms with Crippen LogP contribution in [0.25, 0.3) is 0 Å². The van der Waals surface area contributed by atoms with E-state index in [1.807, 2.05) is 18.2 Å². The Morgan fingerprint density at radius 2 is 1.70 bits per heavy atom. The summed E-state index contributed by atoms with van der Waals surface area (Å²) < 4.78 is 0. The van der Waals surface area contributed by atoms with Crippen LogP contribution in [0, 0.1) is 0 Å². The monoisotopic (exact) mass is 369 g/mol. The van der Waals surface area contributed by atoms with E-state index in [1.54, 1.807) is 32.3 Å². The van der Waals surface area contributed by atoms with Crippen molar-refractivity contribution in [3.8, 4) is 0 Å². The van der Waals surface area contributed by atoms with E-state index in [0.717, 1.165) is 11.1 Å². The summed E-state index contributed by atoms with van der Waals surface area (Å²) in [5, 5.41) is 14.5. The lowest BCUT2D eigenvalue weighted by Crippen LogP contribution is -2.27. The number of aromatic carboxylic acids is 1. The molecule has 0 saturated heterocycles. The van der Waals surface area contributed by atoms with Crippen LogP contribution in [0.4, 0.5) is 10.5 Å². The van der Waals surface area contributed by atoms with E-state index in [-0.39, 0.29) is 17.5 Å². The van der Waals surface area contributed by atoms with Crippen molar-refractivity contribution in [1.29, 1.82) is 0 Å². The minimum atomic E-state index is -0.969. The number of amides is 3. The number of nitrogens with zero attached hydrogens (tertiary/aromatic N) is 1. The van der Waals surface area contributed by atoms with Crippen LogP contribution in [-0.4, -0.2) is 42.0 Å². The number of carboxylic acid groups (broad SMARTS) is 1. The summed E-state index contributed by atoms with van der Waals surface area (Å²) in [6.07, 6.45) is 0.841. The maximum Gasteiger partial charge on any atom is 0.335 e. The Morgan fingerprint density at radius 3 is 2.33 bits per heavy atom. The first kappa shape index (κ1) is 20.0. The number of aryl methyl sites for hydroxylation is 1. The Hall–Kier alpha value is -3.35. The Morgan fingerprint density at radius 1 is 1.00 bits per heavy atom. The third kappa shape index (κ3) is 6.47. The lowest BCUT2D eigenvalue weighted by Gasteiger charge is -2.13. The molecule has 2 aromatic carbocycles. The number of hydrogen-bond donors (Lipinski definition) is 3. The molecular weight excluding hydrogens is 346 g/mol. The van der Waals surface area contributed by atoms with Crippen molar-refractivity contribution in [2.75, 3.05) is 19.4 Å². The second-order valence-corrected chi connectivity index (χ2v) is 6.30. The van der Waals surface area contributed by atoms with Gasteiger partial charge in [0, 0.05) is 32.7 Å². The van der Waals surface area contributed by atoms with E-state index in [0.29, 0.717) is 25.1 Å². The standard InChI is InChI=1S/C20H23N3O4/c1-23(2)20(27)22-17-5-3-4-15(12-17)13-21-18(24)11-8-14-6-9-16(10-7-14)19(25)26/h3-7,9-10,12H,8,11,13H2,1-2H3,(H,21,24)(H,22,27)(H,25,26). The molecule has 3 amide bonds. The molecule has 0 aliphatic carbocycles. The van der Waals surface area contributed by atoms with E-state index in [9.17, 15) is 14.4 Å². The highest BCUT2D eigenvalue weighted by Gasteiger charge is 2.07. The molecule has 0 spiro atoms. The lowest BCUT2D eigenvalue weighted by molar-refractivity contribution is -0.121. The molecule has 7 nitrogen and oxygen atoms in total. The number of anilines is 1. The minimum absolute atomic E-state index is 0.0972. The number of carbonyl (C=O) groups is 3. The molecule has 0 unspecified atom stereocenters. The van der Waals surface area contributed by atoms with Crippen molar-refractivity contribution in [2.45, 2.75) is 19.4 Å². The third-order valence-electron chi connectivity index (χ3n) is 3.92. The van der Waals surface area contributed by atoms with Crippen LogP contribution in [0.5, 0.6) is 0 Å². The first-order chi connectivity index (χ1) is 12.8. The fourth-order valence-electron chi connectivity index (χ4n) is 2.36. The number of nitrogens with one attached hydrogen (secondary N) is 2. The van der Waals surface area contributed by atoms with Crippen LogP contribution in [-0.2, 0) is 17.8 Å². The average Bonchev–Trinajstić information content (AvgIpc) is 2.65. The van der Waals surface area contributed by atoms with Gasteiger partial charge in [0.2, 0.25) is 5.91 Å². The molecule has 0 aromatic heterocycles. The van der Waals surface area contributed by atoms with E-state index in [4.69, 9.17) is 5.11 Å². The number of carbonyl (C=O) groups excluding carboxylic acids is 2. The molecule has 0 aliphatic rings. The predicted molar refractivity (Wildman–Crippen MR) is 103 cm³/mol. The van der Waals surface area contributed by atoms with Crippen molar-refractivity contribution in [1.82, 2.24) is 10.2 Å². The van der Waals surface area contributed by atoms with Gasteiger partial charge in [-0.25, -0.2) is 9.59 Å². The van der Waals surface area contributed by atoms with Gasteiger partial charge in [-0.2, -0.15) is 0 Å². The van der Waals surface area contributed by atoms with Crippen LogP contribution in [0.1, 0.15) is 27.9 Å². The lowest BCUT2D eigenvalue weighted by atomic mass is 10.1. The van der Waals surface area contributed by atoms with Gasteiger partial charge in [-0.1, -0.05) is 24.3 Å². The third-order valence-corrected chi connectivity index (χ3v) is 3.92. The molecule has 0 bridgehead atoms. The van der Waals surface area contributed by atoms with Crippen LogP contribution in [0.3, 0.4) is 0 Å². The fraction of sp³-hybridized carbons (Fsp3) is 0.250. The molecule has 0 fully saturated rings. The molecule has 0 atom stereocenters. The molecule has 3 N–H and O–H groups in total. The molecule has 7 heteroatoms. The molecule has 2 aromatic rings. The summed E-state index contributed by atoms with van der Waals surface area (Å²) in [6, 6.07) is 13.6. The molecule has 0 radical (unpaired) electrons. The van der Waals surface area contributed by atoms with Gasteiger partial charge < -0.3 is 20.6 Å². The molecule has 0 aliphatic heterocycles. The number of benzene rings is 2. The highest BCUT2D eigenvalue weighted by atomic mass is 16.4. The van der Waals surface area contributed by atoms with Crippen molar-refractivity contribution in [3.63, 3.8) is 0 Å². The van der Waals surface area contributed by atoms with E-state index < -0.39 is 5.97 Å². The predicted octanol–water partition coefficient (Wildman–Crippen LogP) is 2.73. The summed E-state index contributed by atoms with van der Waals surface area (Å²) in [7, 11) is 3.32. The van der Waals surface area contributed by atoms with E-state index in [2.05, 4.69) is 10.6 Å². The maximum atomic E-state index is 12.0. The first-order valence-corrected chi connectivity index (χ1v) is 8.51.